The van der Waals surface area contributed by atoms with Crippen molar-refractivity contribution >= 4 is 17.3 Å². The van der Waals surface area contributed by atoms with Crippen molar-refractivity contribution in [1.29, 1.82) is 0 Å². The van der Waals surface area contributed by atoms with E-state index in [1.165, 1.54) is 37.2 Å². The molecule has 0 amide bonds. The minimum Gasteiger partial charge on any atom is -0.356 e. The molecule has 4 nitrogen and oxygen atoms in total. The summed E-state index contributed by atoms with van der Waals surface area (Å²) in [5.74, 6) is 1.40. The maximum Gasteiger partial charge on any atom is 0.191 e. The van der Waals surface area contributed by atoms with Crippen LogP contribution in [0.5, 0.6) is 0 Å². The SMILES string of the molecule is CN=C(NCC(C)c1cccs1)NCC(C)(C)N1CCCCC1. The molecule has 0 saturated carbocycles. The van der Waals surface area contributed by atoms with Crippen LogP contribution in [0.4, 0.5) is 0 Å². The van der Waals surface area contributed by atoms with E-state index in [0.717, 1.165) is 19.0 Å². The second-order valence-corrected chi connectivity index (χ2v) is 8.06. The topological polar surface area (TPSA) is 39.7 Å². The lowest BCUT2D eigenvalue weighted by molar-refractivity contribution is 0.0982. The molecule has 1 aliphatic heterocycles. The number of hydrogen-bond acceptors (Lipinski definition) is 3. The van der Waals surface area contributed by atoms with E-state index in [2.05, 4.69) is 58.8 Å². The van der Waals surface area contributed by atoms with Gasteiger partial charge in [-0.1, -0.05) is 19.4 Å². The number of hydrogen-bond donors (Lipinski definition) is 2. The molecule has 0 radical (unpaired) electrons. The third-order valence-corrected chi connectivity index (χ3v) is 5.83. The molecule has 2 heterocycles. The molecule has 1 aliphatic rings. The predicted octanol–water partition coefficient (Wildman–Crippen LogP) is 3.28. The van der Waals surface area contributed by atoms with Gasteiger partial charge in [0.05, 0.1) is 0 Å². The van der Waals surface area contributed by atoms with Gasteiger partial charge in [-0.05, 0) is 51.2 Å². The van der Waals surface area contributed by atoms with E-state index in [-0.39, 0.29) is 5.54 Å². The predicted molar refractivity (Wildman–Crippen MR) is 102 cm³/mol. The summed E-state index contributed by atoms with van der Waals surface area (Å²) in [5, 5.41) is 9.11. The van der Waals surface area contributed by atoms with Crippen LogP contribution in [0.1, 0.15) is 50.8 Å². The van der Waals surface area contributed by atoms with Gasteiger partial charge in [0.1, 0.15) is 0 Å². The third kappa shape index (κ3) is 5.50. The first-order chi connectivity index (χ1) is 11.0. The van der Waals surface area contributed by atoms with Gasteiger partial charge >= 0.3 is 0 Å². The Bertz CT molecular complexity index is 475. The number of thiophene rings is 1. The maximum atomic E-state index is 4.37. The Morgan fingerprint density at radius 2 is 2.04 bits per heavy atom. The van der Waals surface area contributed by atoms with Crippen LogP contribution in [0.25, 0.3) is 0 Å². The summed E-state index contributed by atoms with van der Waals surface area (Å²) in [5.41, 5.74) is 0.164. The second-order valence-electron chi connectivity index (χ2n) is 7.08. The zero-order valence-corrected chi connectivity index (χ0v) is 15.9. The van der Waals surface area contributed by atoms with Crippen LogP contribution in [-0.2, 0) is 0 Å². The zero-order chi connectivity index (χ0) is 16.7. The van der Waals surface area contributed by atoms with Crippen molar-refractivity contribution in [2.75, 3.05) is 33.2 Å². The number of nitrogens with zero attached hydrogens (tertiary/aromatic N) is 2. The van der Waals surface area contributed by atoms with Gasteiger partial charge in [-0.15, -0.1) is 11.3 Å². The van der Waals surface area contributed by atoms with E-state index < -0.39 is 0 Å². The van der Waals surface area contributed by atoms with E-state index in [9.17, 15) is 0 Å². The molecule has 1 unspecified atom stereocenters. The summed E-state index contributed by atoms with van der Waals surface area (Å²) in [7, 11) is 1.85. The van der Waals surface area contributed by atoms with Crippen LogP contribution < -0.4 is 10.6 Å². The highest BCUT2D eigenvalue weighted by molar-refractivity contribution is 7.10. The average Bonchev–Trinajstić information content (AvgIpc) is 3.10. The summed E-state index contributed by atoms with van der Waals surface area (Å²) < 4.78 is 0. The molecular weight excluding hydrogens is 304 g/mol. The largest absolute Gasteiger partial charge is 0.356 e. The quantitative estimate of drug-likeness (QED) is 0.618. The lowest BCUT2D eigenvalue weighted by Crippen LogP contribution is -2.55. The number of nitrogens with one attached hydrogen (secondary N) is 2. The van der Waals surface area contributed by atoms with Gasteiger partial charge in [0.2, 0.25) is 0 Å². The van der Waals surface area contributed by atoms with Crippen molar-refractivity contribution in [3.63, 3.8) is 0 Å². The van der Waals surface area contributed by atoms with Gasteiger partial charge in [-0.25, -0.2) is 0 Å². The Kier molecular flexibility index (Phi) is 6.90. The number of piperidine rings is 1. The molecule has 1 atom stereocenters. The second kappa shape index (κ2) is 8.69. The van der Waals surface area contributed by atoms with E-state index >= 15 is 0 Å². The Morgan fingerprint density at radius 1 is 1.30 bits per heavy atom. The van der Waals surface area contributed by atoms with Crippen LogP contribution in [0.15, 0.2) is 22.5 Å². The molecule has 2 N–H and O–H groups in total. The van der Waals surface area contributed by atoms with Crippen molar-refractivity contribution in [3.8, 4) is 0 Å². The molecule has 0 spiro atoms. The van der Waals surface area contributed by atoms with Gasteiger partial charge in [-0.3, -0.25) is 9.89 Å². The number of rotatable bonds is 6. The first kappa shape index (κ1) is 18.3. The normalized spacial score (nSPS) is 18.7. The number of likely N-dealkylation sites (tertiary alicyclic amines) is 1. The van der Waals surface area contributed by atoms with Gasteiger partial charge in [0, 0.05) is 36.5 Å². The number of aliphatic imine (C=N–C) groups is 1. The average molecular weight is 337 g/mol. The summed E-state index contributed by atoms with van der Waals surface area (Å²) in [4.78, 5) is 8.39. The smallest absolute Gasteiger partial charge is 0.191 e. The fraction of sp³-hybridized carbons (Fsp3) is 0.722. The minimum atomic E-state index is 0.164. The first-order valence-corrected chi connectivity index (χ1v) is 9.64. The highest BCUT2D eigenvalue weighted by Gasteiger charge is 2.27. The summed E-state index contributed by atoms with van der Waals surface area (Å²) in [6, 6.07) is 4.32. The Hall–Kier alpha value is -1.07. The van der Waals surface area contributed by atoms with Gasteiger partial charge in [-0.2, -0.15) is 0 Å². The van der Waals surface area contributed by atoms with Crippen LogP contribution >= 0.6 is 11.3 Å². The molecule has 0 bridgehead atoms. The standard InChI is InChI=1S/C18H32N4S/c1-15(16-9-8-12-23-16)13-20-17(19-4)21-14-18(2,3)22-10-6-5-7-11-22/h8-9,12,15H,5-7,10-11,13-14H2,1-4H3,(H2,19,20,21). The molecule has 5 heteroatoms. The van der Waals surface area contributed by atoms with Crippen LogP contribution in [-0.4, -0.2) is 49.6 Å². The highest BCUT2D eigenvalue weighted by atomic mass is 32.1. The van der Waals surface area contributed by atoms with E-state index in [4.69, 9.17) is 0 Å². The van der Waals surface area contributed by atoms with E-state index in [1.54, 1.807) is 0 Å². The first-order valence-electron chi connectivity index (χ1n) is 8.76. The van der Waals surface area contributed by atoms with Gasteiger partial charge in [0.15, 0.2) is 5.96 Å². The molecule has 23 heavy (non-hydrogen) atoms. The number of guanidine groups is 1. The van der Waals surface area contributed by atoms with Crippen LogP contribution in [0, 0.1) is 0 Å². The molecular formula is C18H32N4S. The molecule has 2 rings (SSSR count). The molecule has 1 saturated heterocycles. The monoisotopic (exact) mass is 336 g/mol. The van der Waals surface area contributed by atoms with Gasteiger partial charge in [0.25, 0.3) is 0 Å². The fourth-order valence-corrected chi connectivity index (χ4v) is 3.84. The molecule has 0 aromatic carbocycles. The summed E-state index contributed by atoms with van der Waals surface area (Å²) >= 11 is 1.82. The van der Waals surface area contributed by atoms with Crippen LogP contribution in [0.2, 0.25) is 0 Å². The van der Waals surface area contributed by atoms with Crippen molar-refractivity contribution < 1.29 is 0 Å². The fourth-order valence-electron chi connectivity index (χ4n) is 3.05. The van der Waals surface area contributed by atoms with Crippen molar-refractivity contribution in [2.24, 2.45) is 4.99 Å². The molecule has 1 aromatic rings. The van der Waals surface area contributed by atoms with Crippen LogP contribution in [0.3, 0.4) is 0 Å². The van der Waals surface area contributed by atoms with E-state index in [1.807, 2.05) is 18.4 Å². The van der Waals surface area contributed by atoms with E-state index in [0.29, 0.717) is 5.92 Å². The van der Waals surface area contributed by atoms with Gasteiger partial charge < -0.3 is 10.6 Å². The molecule has 0 aliphatic carbocycles. The minimum absolute atomic E-state index is 0.164. The third-order valence-electron chi connectivity index (χ3n) is 4.73. The summed E-state index contributed by atoms with van der Waals surface area (Å²) in [6.45, 7) is 11.2. The maximum absolute atomic E-state index is 4.37. The van der Waals surface area contributed by atoms with Crippen molar-refractivity contribution in [1.82, 2.24) is 15.5 Å². The molecule has 1 aromatic heterocycles. The molecule has 1 fully saturated rings. The zero-order valence-electron chi connectivity index (χ0n) is 15.1. The highest BCUT2D eigenvalue weighted by Crippen LogP contribution is 2.20. The Labute approximate surface area is 145 Å². The Balaban J connectivity index is 1.78. The Morgan fingerprint density at radius 3 is 2.65 bits per heavy atom. The lowest BCUT2D eigenvalue weighted by atomic mass is 9.98. The van der Waals surface area contributed by atoms with Crippen molar-refractivity contribution in [2.45, 2.75) is 51.5 Å². The van der Waals surface area contributed by atoms with Crippen molar-refractivity contribution in [3.05, 3.63) is 22.4 Å². The summed E-state index contributed by atoms with van der Waals surface area (Å²) in [6.07, 6.45) is 4.04. The molecule has 130 valence electrons. The lowest BCUT2D eigenvalue weighted by Gasteiger charge is -2.41.